The first-order chi connectivity index (χ1) is 18.8. The Labute approximate surface area is 238 Å². The molecule has 0 fully saturated rings. The SMILES string of the molecule is Cc1ccccc1CNc1ccc2c(c1)C(OCc1ccccc1)C(OCc1ccc(Br)cc1F)C(C)(C)O2. The number of hydrogen-bond donors (Lipinski definition) is 1. The van der Waals surface area contributed by atoms with Crippen molar-refractivity contribution < 1.29 is 18.6 Å². The summed E-state index contributed by atoms with van der Waals surface area (Å²) in [7, 11) is 0. The van der Waals surface area contributed by atoms with Gasteiger partial charge < -0.3 is 19.5 Å². The van der Waals surface area contributed by atoms with Gasteiger partial charge in [-0.2, -0.15) is 0 Å². The van der Waals surface area contributed by atoms with Gasteiger partial charge in [0, 0.05) is 27.8 Å². The zero-order chi connectivity index (χ0) is 27.4. The van der Waals surface area contributed by atoms with Gasteiger partial charge >= 0.3 is 0 Å². The molecule has 4 aromatic rings. The third kappa shape index (κ3) is 6.52. The molecule has 5 rings (SSSR count). The lowest BCUT2D eigenvalue weighted by atomic mass is 9.87. The molecule has 0 saturated carbocycles. The number of anilines is 1. The van der Waals surface area contributed by atoms with E-state index in [1.165, 1.54) is 17.2 Å². The van der Waals surface area contributed by atoms with Gasteiger partial charge in [0.15, 0.2) is 0 Å². The fourth-order valence-corrected chi connectivity index (χ4v) is 5.23. The lowest BCUT2D eigenvalue weighted by Gasteiger charge is -2.44. The molecule has 0 spiro atoms. The smallest absolute Gasteiger partial charge is 0.132 e. The maximum absolute atomic E-state index is 14.6. The van der Waals surface area contributed by atoms with Crippen LogP contribution in [0.15, 0.2) is 95.5 Å². The van der Waals surface area contributed by atoms with Gasteiger partial charge in [-0.15, -0.1) is 0 Å². The van der Waals surface area contributed by atoms with Crippen molar-refractivity contribution in [3.05, 3.63) is 129 Å². The first-order valence-corrected chi connectivity index (χ1v) is 13.9. The summed E-state index contributed by atoms with van der Waals surface area (Å²) >= 11 is 3.32. The number of benzene rings is 4. The Kier molecular flexibility index (Phi) is 8.36. The zero-order valence-corrected chi connectivity index (χ0v) is 24.0. The van der Waals surface area contributed by atoms with Crippen molar-refractivity contribution in [2.75, 3.05) is 5.32 Å². The molecule has 1 aliphatic heterocycles. The highest BCUT2D eigenvalue weighted by atomic mass is 79.9. The van der Waals surface area contributed by atoms with Gasteiger partial charge in [0.1, 0.15) is 29.4 Å². The molecule has 6 heteroatoms. The normalized spacial score (nSPS) is 17.8. The molecule has 2 unspecified atom stereocenters. The Morgan fingerprint density at radius 1 is 0.872 bits per heavy atom. The van der Waals surface area contributed by atoms with Crippen LogP contribution in [0.4, 0.5) is 10.1 Å². The van der Waals surface area contributed by atoms with Gasteiger partial charge in [0.25, 0.3) is 0 Å². The summed E-state index contributed by atoms with van der Waals surface area (Å²) in [6.07, 6.45) is -0.911. The molecule has 2 atom stereocenters. The van der Waals surface area contributed by atoms with Gasteiger partial charge in [0.2, 0.25) is 0 Å². The van der Waals surface area contributed by atoms with E-state index in [1.54, 1.807) is 6.07 Å². The third-order valence-corrected chi connectivity index (χ3v) is 7.59. The molecule has 4 aromatic carbocycles. The summed E-state index contributed by atoms with van der Waals surface area (Å²) < 4.78 is 34.8. The number of rotatable bonds is 9. The standard InChI is InChI=1S/C33H33BrFNO3/c1-22-9-7-8-12-24(22)19-36-27-15-16-30-28(18-27)31(37-20-23-10-5-4-6-11-23)32(33(2,3)39-30)38-21-25-13-14-26(34)17-29(25)35/h4-18,31-32,36H,19-21H2,1-3H3. The predicted molar refractivity (Wildman–Crippen MR) is 156 cm³/mol. The monoisotopic (exact) mass is 589 g/mol. The van der Waals surface area contributed by atoms with Crippen molar-refractivity contribution >= 4 is 21.6 Å². The molecule has 39 heavy (non-hydrogen) atoms. The van der Waals surface area contributed by atoms with Crippen LogP contribution in [0, 0.1) is 12.7 Å². The van der Waals surface area contributed by atoms with E-state index < -0.39 is 17.8 Å². The van der Waals surface area contributed by atoms with Crippen LogP contribution in [-0.2, 0) is 29.2 Å². The fourth-order valence-electron chi connectivity index (χ4n) is 4.89. The summed E-state index contributed by atoms with van der Waals surface area (Å²) in [6, 6.07) is 29.5. The summed E-state index contributed by atoms with van der Waals surface area (Å²) in [5.74, 6) is 0.443. The zero-order valence-electron chi connectivity index (χ0n) is 22.4. The number of halogens is 2. The van der Waals surface area contributed by atoms with Gasteiger partial charge in [-0.25, -0.2) is 4.39 Å². The third-order valence-electron chi connectivity index (χ3n) is 7.10. The quantitative estimate of drug-likeness (QED) is 0.212. The van der Waals surface area contributed by atoms with E-state index in [4.69, 9.17) is 14.2 Å². The number of aryl methyl sites for hydroxylation is 1. The Morgan fingerprint density at radius 2 is 1.64 bits per heavy atom. The molecule has 4 nitrogen and oxygen atoms in total. The minimum Gasteiger partial charge on any atom is -0.485 e. The Balaban J connectivity index is 1.43. The van der Waals surface area contributed by atoms with E-state index in [0.717, 1.165) is 22.6 Å². The van der Waals surface area contributed by atoms with Crippen molar-refractivity contribution in [2.24, 2.45) is 0 Å². The van der Waals surface area contributed by atoms with E-state index in [1.807, 2.05) is 68.4 Å². The number of fused-ring (bicyclic) bond motifs is 1. The lowest BCUT2D eigenvalue weighted by Crippen LogP contribution is -2.51. The molecule has 1 heterocycles. The summed E-state index contributed by atoms with van der Waals surface area (Å²) in [5, 5.41) is 3.55. The van der Waals surface area contributed by atoms with Crippen LogP contribution in [0.2, 0.25) is 0 Å². The first kappa shape index (κ1) is 27.4. The maximum Gasteiger partial charge on any atom is 0.132 e. The van der Waals surface area contributed by atoms with Crippen molar-refractivity contribution in [1.82, 2.24) is 0 Å². The molecule has 1 aliphatic rings. The van der Waals surface area contributed by atoms with E-state index >= 15 is 0 Å². The summed E-state index contributed by atoms with van der Waals surface area (Å²) in [6.45, 7) is 7.31. The molecule has 0 radical (unpaired) electrons. The molecule has 1 N–H and O–H groups in total. The van der Waals surface area contributed by atoms with E-state index in [2.05, 4.69) is 52.4 Å². The summed E-state index contributed by atoms with van der Waals surface area (Å²) in [4.78, 5) is 0. The fraction of sp³-hybridized carbons (Fsp3) is 0.273. The molecule has 0 bridgehead atoms. The van der Waals surface area contributed by atoms with Crippen molar-refractivity contribution in [3.8, 4) is 5.75 Å². The number of hydrogen-bond acceptors (Lipinski definition) is 4. The Bertz CT molecular complexity index is 1430. The van der Waals surface area contributed by atoms with Crippen LogP contribution in [0.1, 0.15) is 47.8 Å². The van der Waals surface area contributed by atoms with Crippen molar-refractivity contribution in [1.29, 1.82) is 0 Å². The minimum atomic E-state index is -0.712. The number of ether oxygens (including phenoxy) is 3. The van der Waals surface area contributed by atoms with E-state index in [-0.39, 0.29) is 12.4 Å². The second-order valence-electron chi connectivity index (χ2n) is 10.4. The molecular weight excluding hydrogens is 557 g/mol. The van der Waals surface area contributed by atoms with Crippen LogP contribution in [0.3, 0.4) is 0 Å². The molecule has 0 amide bonds. The molecule has 0 aromatic heterocycles. The highest BCUT2D eigenvalue weighted by Crippen LogP contribution is 2.45. The molecule has 0 aliphatic carbocycles. The summed E-state index contributed by atoms with van der Waals surface area (Å²) in [5.41, 5.74) is 5.18. The largest absolute Gasteiger partial charge is 0.485 e. The minimum absolute atomic E-state index is 0.0995. The molecule has 202 valence electrons. The second-order valence-corrected chi connectivity index (χ2v) is 11.3. The topological polar surface area (TPSA) is 39.7 Å². The van der Waals surface area contributed by atoms with E-state index in [9.17, 15) is 4.39 Å². The van der Waals surface area contributed by atoms with Crippen molar-refractivity contribution in [3.63, 3.8) is 0 Å². The van der Waals surface area contributed by atoms with Gasteiger partial charge in [-0.05, 0) is 67.8 Å². The second kappa shape index (κ2) is 11.9. The number of nitrogens with one attached hydrogen (secondary N) is 1. The average Bonchev–Trinajstić information content (AvgIpc) is 2.92. The van der Waals surface area contributed by atoms with Crippen molar-refractivity contribution in [2.45, 2.75) is 58.3 Å². The van der Waals surface area contributed by atoms with Crippen LogP contribution in [-0.4, -0.2) is 11.7 Å². The van der Waals surface area contributed by atoms with E-state index in [0.29, 0.717) is 23.2 Å². The first-order valence-electron chi connectivity index (χ1n) is 13.1. The highest BCUT2D eigenvalue weighted by molar-refractivity contribution is 9.10. The molecular formula is C33H33BrFNO3. The Hall–Kier alpha value is -3.19. The van der Waals surface area contributed by atoms with Gasteiger partial charge in [-0.1, -0.05) is 76.6 Å². The van der Waals surface area contributed by atoms with Crippen LogP contribution in [0.25, 0.3) is 0 Å². The maximum atomic E-state index is 14.6. The Morgan fingerprint density at radius 3 is 2.41 bits per heavy atom. The molecule has 0 saturated heterocycles. The average molecular weight is 591 g/mol. The van der Waals surface area contributed by atoms with Gasteiger partial charge in [0.05, 0.1) is 13.2 Å². The van der Waals surface area contributed by atoms with Crippen LogP contribution in [0.5, 0.6) is 5.75 Å². The van der Waals surface area contributed by atoms with Gasteiger partial charge in [-0.3, -0.25) is 0 Å². The van der Waals surface area contributed by atoms with Crippen LogP contribution < -0.4 is 10.1 Å². The lowest BCUT2D eigenvalue weighted by molar-refractivity contribution is -0.171. The van der Waals surface area contributed by atoms with Crippen LogP contribution >= 0.6 is 15.9 Å². The predicted octanol–water partition coefficient (Wildman–Crippen LogP) is 8.52. The highest BCUT2D eigenvalue weighted by Gasteiger charge is 2.46.